The smallest absolute Gasteiger partial charge is 0.284 e. The lowest BCUT2D eigenvalue weighted by Crippen LogP contribution is -2.39. The summed E-state index contributed by atoms with van der Waals surface area (Å²) < 4.78 is 1.32. The van der Waals surface area contributed by atoms with Crippen LogP contribution < -0.4 is 5.56 Å². The molecule has 0 fully saturated rings. The van der Waals surface area contributed by atoms with E-state index in [1.165, 1.54) is 32.7 Å². The zero-order valence-corrected chi connectivity index (χ0v) is 16.1. The number of hydrogen-bond acceptors (Lipinski definition) is 6. The second-order valence-corrected chi connectivity index (χ2v) is 8.11. The van der Waals surface area contributed by atoms with Gasteiger partial charge >= 0.3 is 0 Å². The second kappa shape index (κ2) is 6.37. The quantitative estimate of drug-likeness (QED) is 0.637. The standard InChI is InChI=1S/C18H16N4O2S2/c1-10-14(17(24)21(2)3)26-18-19-15-13(16(23)22(18)20-10)12(9-25-15)11-7-5-4-6-8-11/h4-9,14H,1-3H3. The van der Waals surface area contributed by atoms with Crippen LogP contribution in [0.2, 0.25) is 0 Å². The molecule has 8 heteroatoms. The minimum atomic E-state index is -0.456. The van der Waals surface area contributed by atoms with Gasteiger partial charge in [0.15, 0.2) is 5.16 Å². The third kappa shape index (κ3) is 2.65. The zero-order chi connectivity index (χ0) is 18.4. The molecule has 1 aromatic carbocycles. The maximum atomic E-state index is 13.1. The Balaban J connectivity index is 1.89. The van der Waals surface area contributed by atoms with Gasteiger partial charge in [-0.15, -0.1) is 11.3 Å². The fraction of sp³-hybridized carbons (Fsp3) is 0.222. The number of amides is 1. The first-order chi connectivity index (χ1) is 12.5. The van der Waals surface area contributed by atoms with Gasteiger partial charge in [-0.25, -0.2) is 4.98 Å². The lowest BCUT2D eigenvalue weighted by atomic mass is 10.1. The summed E-state index contributed by atoms with van der Waals surface area (Å²) in [4.78, 5) is 32.3. The van der Waals surface area contributed by atoms with Crippen molar-refractivity contribution in [2.75, 3.05) is 14.1 Å². The number of thioether (sulfide) groups is 1. The molecule has 0 N–H and O–H groups in total. The molecule has 3 aromatic rings. The van der Waals surface area contributed by atoms with E-state index < -0.39 is 5.25 Å². The normalized spacial score (nSPS) is 16.3. The molecule has 4 rings (SSSR count). The van der Waals surface area contributed by atoms with Crippen molar-refractivity contribution in [3.63, 3.8) is 0 Å². The van der Waals surface area contributed by atoms with Crippen molar-refractivity contribution in [2.45, 2.75) is 17.3 Å². The van der Waals surface area contributed by atoms with Gasteiger partial charge in [0.25, 0.3) is 5.56 Å². The molecule has 2 aromatic heterocycles. The molecule has 1 amide bonds. The highest BCUT2D eigenvalue weighted by Gasteiger charge is 2.31. The van der Waals surface area contributed by atoms with Crippen LogP contribution in [-0.2, 0) is 4.79 Å². The van der Waals surface area contributed by atoms with Crippen molar-refractivity contribution >= 4 is 44.9 Å². The Morgan fingerprint density at radius 2 is 1.96 bits per heavy atom. The molecule has 0 saturated carbocycles. The number of carbonyl (C=O) groups excluding carboxylic acids is 1. The van der Waals surface area contributed by atoms with E-state index in [1.54, 1.807) is 21.0 Å². The van der Waals surface area contributed by atoms with E-state index in [1.807, 2.05) is 35.7 Å². The Hall–Kier alpha value is -2.45. The molecule has 6 nitrogen and oxygen atoms in total. The Kier molecular flexibility index (Phi) is 4.16. The minimum absolute atomic E-state index is 0.0620. The van der Waals surface area contributed by atoms with Gasteiger partial charge in [0, 0.05) is 25.0 Å². The van der Waals surface area contributed by atoms with Gasteiger partial charge in [-0.2, -0.15) is 9.78 Å². The van der Waals surface area contributed by atoms with Crippen molar-refractivity contribution in [3.8, 4) is 11.1 Å². The van der Waals surface area contributed by atoms with Crippen molar-refractivity contribution < 1.29 is 4.79 Å². The largest absolute Gasteiger partial charge is 0.348 e. The van der Waals surface area contributed by atoms with Gasteiger partial charge in [-0.1, -0.05) is 42.1 Å². The van der Waals surface area contributed by atoms with Gasteiger partial charge in [-0.3, -0.25) is 9.59 Å². The molecule has 1 unspecified atom stereocenters. The highest BCUT2D eigenvalue weighted by Crippen LogP contribution is 2.34. The number of nitrogens with zero attached hydrogens (tertiary/aromatic N) is 4. The zero-order valence-electron chi connectivity index (χ0n) is 14.5. The number of aromatic nitrogens is 2. The molecule has 132 valence electrons. The monoisotopic (exact) mass is 384 g/mol. The molecular weight excluding hydrogens is 368 g/mol. The Morgan fingerprint density at radius 1 is 1.23 bits per heavy atom. The first-order valence-corrected chi connectivity index (χ1v) is 9.76. The molecule has 0 radical (unpaired) electrons. The number of thiophene rings is 1. The molecule has 1 aliphatic rings. The van der Waals surface area contributed by atoms with E-state index >= 15 is 0 Å². The maximum absolute atomic E-state index is 13.1. The van der Waals surface area contributed by atoms with Crippen molar-refractivity contribution in [2.24, 2.45) is 5.10 Å². The number of benzene rings is 1. The van der Waals surface area contributed by atoms with E-state index in [-0.39, 0.29) is 11.5 Å². The molecule has 1 aliphatic heterocycles. The predicted octanol–water partition coefficient (Wildman–Crippen LogP) is 2.91. The number of carbonyl (C=O) groups is 1. The van der Waals surface area contributed by atoms with Gasteiger partial charge in [-0.05, 0) is 12.5 Å². The van der Waals surface area contributed by atoms with Crippen LogP contribution in [0.1, 0.15) is 6.92 Å². The van der Waals surface area contributed by atoms with E-state index in [9.17, 15) is 9.59 Å². The fourth-order valence-corrected chi connectivity index (χ4v) is 4.93. The van der Waals surface area contributed by atoms with Gasteiger partial charge in [0.2, 0.25) is 5.91 Å². The summed E-state index contributed by atoms with van der Waals surface area (Å²) in [5.74, 6) is -0.0620. The summed E-state index contributed by atoms with van der Waals surface area (Å²) in [6, 6.07) is 9.77. The van der Waals surface area contributed by atoms with Crippen molar-refractivity contribution in [1.29, 1.82) is 0 Å². The first kappa shape index (κ1) is 17.0. The fourth-order valence-electron chi connectivity index (χ4n) is 2.82. The molecular formula is C18H16N4O2S2. The number of hydrogen-bond donors (Lipinski definition) is 0. The third-order valence-corrected chi connectivity index (χ3v) is 6.29. The molecule has 0 bridgehead atoms. The summed E-state index contributed by atoms with van der Waals surface area (Å²) in [5, 5.41) is 6.90. The highest BCUT2D eigenvalue weighted by atomic mass is 32.2. The van der Waals surface area contributed by atoms with E-state index in [0.717, 1.165) is 11.1 Å². The summed E-state index contributed by atoms with van der Waals surface area (Å²) >= 11 is 2.70. The van der Waals surface area contributed by atoms with E-state index in [2.05, 4.69) is 10.1 Å². The Morgan fingerprint density at radius 3 is 2.65 bits per heavy atom. The van der Waals surface area contributed by atoms with Crippen LogP contribution >= 0.6 is 23.1 Å². The Bertz CT molecular complexity index is 1100. The van der Waals surface area contributed by atoms with E-state index in [4.69, 9.17) is 0 Å². The summed E-state index contributed by atoms with van der Waals surface area (Å²) in [6.45, 7) is 1.77. The third-order valence-electron chi connectivity index (χ3n) is 4.17. The van der Waals surface area contributed by atoms with Crippen molar-refractivity contribution in [1.82, 2.24) is 14.6 Å². The molecule has 0 saturated heterocycles. The number of rotatable bonds is 2. The summed E-state index contributed by atoms with van der Waals surface area (Å²) in [5.41, 5.74) is 2.24. The van der Waals surface area contributed by atoms with E-state index in [0.29, 0.717) is 21.1 Å². The second-order valence-electron chi connectivity index (χ2n) is 6.18. The van der Waals surface area contributed by atoms with Gasteiger partial charge in [0.05, 0.1) is 11.1 Å². The van der Waals surface area contributed by atoms with Crippen LogP contribution in [0.25, 0.3) is 21.3 Å². The Labute approximate surface area is 158 Å². The average Bonchev–Trinajstić information content (AvgIpc) is 3.06. The van der Waals surface area contributed by atoms with Gasteiger partial charge < -0.3 is 4.90 Å². The van der Waals surface area contributed by atoms with Crippen LogP contribution in [0.5, 0.6) is 0 Å². The number of fused-ring (bicyclic) bond motifs is 2. The topological polar surface area (TPSA) is 67.6 Å². The summed E-state index contributed by atoms with van der Waals surface area (Å²) in [7, 11) is 3.42. The van der Waals surface area contributed by atoms with Crippen LogP contribution in [-0.4, -0.2) is 45.5 Å². The molecule has 3 heterocycles. The molecule has 0 spiro atoms. The van der Waals surface area contributed by atoms with Crippen LogP contribution in [0, 0.1) is 0 Å². The highest BCUT2D eigenvalue weighted by molar-refractivity contribution is 8.01. The minimum Gasteiger partial charge on any atom is -0.348 e. The maximum Gasteiger partial charge on any atom is 0.284 e. The SMILES string of the molecule is CC1=Nn2c(nc3scc(-c4ccccc4)c3c2=O)SC1C(=O)N(C)C. The van der Waals surface area contributed by atoms with Crippen LogP contribution in [0.4, 0.5) is 0 Å². The van der Waals surface area contributed by atoms with Gasteiger partial charge in [0.1, 0.15) is 10.1 Å². The predicted molar refractivity (Wildman–Crippen MR) is 106 cm³/mol. The average molecular weight is 384 g/mol. The lowest BCUT2D eigenvalue weighted by Gasteiger charge is -2.23. The first-order valence-electron chi connectivity index (χ1n) is 8.00. The molecule has 1 atom stereocenters. The van der Waals surface area contributed by atoms with Crippen LogP contribution in [0.15, 0.2) is 50.8 Å². The van der Waals surface area contributed by atoms with Crippen molar-refractivity contribution in [3.05, 3.63) is 46.1 Å². The summed E-state index contributed by atoms with van der Waals surface area (Å²) in [6.07, 6.45) is 0. The lowest BCUT2D eigenvalue weighted by molar-refractivity contribution is -0.126. The van der Waals surface area contributed by atoms with Crippen LogP contribution in [0.3, 0.4) is 0 Å². The molecule has 0 aliphatic carbocycles. The molecule has 26 heavy (non-hydrogen) atoms.